The van der Waals surface area contributed by atoms with E-state index in [1.54, 1.807) is 0 Å². The van der Waals surface area contributed by atoms with E-state index in [1.807, 2.05) is 0 Å². The first-order valence-electron chi connectivity index (χ1n) is 9.79. The molecule has 4 rings (SSSR count). The van der Waals surface area contributed by atoms with Crippen LogP contribution in [-0.2, 0) is 24.2 Å². The second-order valence-corrected chi connectivity index (χ2v) is 9.04. The molecule has 0 amide bonds. The summed E-state index contributed by atoms with van der Waals surface area (Å²) in [5.41, 5.74) is 8.44. The van der Waals surface area contributed by atoms with Gasteiger partial charge in [0.25, 0.3) is 0 Å². The number of hydrogen-bond donors (Lipinski definition) is 0. The molecule has 0 radical (unpaired) electrons. The number of benzene rings is 2. The van der Waals surface area contributed by atoms with Gasteiger partial charge in [0.1, 0.15) is 0 Å². The van der Waals surface area contributed by atoms with E-state index in [1.165, 1.54) is 60.9 Å². The molecule has 0 spiro atoms. The molecular weight excluding hydrogens is 486 g/mol. The first kappa shape index (κ1) is 26.8. The Labute approximate surface area is 209 Å². The SMILES string of the molecule is CC1=C(C)C(C)(C)[C-]=C1C1=CC=CC1.[Cl-].[Cl-].[Zr+2]=[C](c1ccccc1)c1ccccc1. The third-order valence-corrected chi connectivity index (χ3v) is 6.95. The Kier molecular flexibility index (Phi) is 10.7. The van der Waals surface area contributed by atoms with Gasteiger partial charge in [-0.2, -0.15) is 17.2 Å². The summed E-state index contributed by atoms with van der Waals surface area (Å²) in [6.45, 7) is 8.91. The molecule has 154 valence electrons. The Morgan fingerprint density at radius 2 is 1.37 bits per heavy atom. The molecular formula is C27H27Cl2Zr-. The zero-order chi connectivity index (χ0) is 20.1. The molecule has 0 nitrogen and oxygen atoms in total. The summed E-state index contributed by atoms with van der Waals surface area (Å²) in [4.78, 5) is 0. The topological polar surface area (TPSA) is 0 Å². The van der Waals surface area contributed by atoms with Crippen molar-refractivity contribution in [1.29, 1.82) is 0 Å². The van der Waals surface area contributed by atoms with E-state index >= 15 is 0 Å². The van der Waals surface area contributed by atoms with Crippen molar-refractivity contribution in [1.82, 2.24) is 0 Å². The number of hydrogen-bond acceptors (Lipinski definition) is 0. The van der Waals surface area contributed by atoms with Gasteiger partial charge in [-0.25, -0.2) is 0 Å². The van der Waals surface area contributed by atoms with Crippen LogP contribution >= 0.6 is 0 Å². The average Bonchev–Trinajstić information content (AvgIpc) is 3.33. The van der Waals surface area contributed by atoms with Gasteiger partial charge in [0.2, 0.25) is 0 Å². The second-order valence-electron chi connectivity index (χ2n) is 7.81. The molecule has 30 heavy (non-hydrogen) atoms. The van der Waals surface area contributed by atoms with Gasteiger partial charge in [0, 0.05) is 0 Å². The normalized spacial score (nSPS) is 15.9. The summed E-state index contributed by atoms with van der Waals surface area (Å²) in [5, 5.41) is 0. The van der Waals surface area contributed by atoms with Gasteiger partial charge in [-0.15, -0.1) is 17.2 Å². The van der Waals surface area contributed by atoms with Gasteiger partial charge >= 0.3 is 99.2 Å². The Bertz CT molecular complexity index is 937. The third kappa shape index (κ3) is 6.37. The van der Waals surface area contributed by atoms with Gasteiger partial charge in [0.15, 0.2) is 0 Å². The Balaban J connectivity index is 0.000000281. The first-order valence-corrected chi connectivity index (χ1v) is 11.0. The maximum atomic E-state index is 3.61. The molecule has 0 atom stereocenters. The van der Waals surface area contributed by atoms with Crippen molar-refractivity contribution in [2.24, 2.45) is 5.41 Å². The molecule has 0 aliphatic heterocycles. The van der Waals surface area contributed by atoms with Crippen molar-refractivity contribution in [2.45, 2.75) is 34.1 Å². The molecule has 0 aromatic heterocycles. The number of allylic oxidation sites excluding steroid dienone is 8. The van der Waals surface area contributed by atoms with E-state index in [9.17, 15) is 0 Å². The van der Waals surface area contributed by atoms with Crippen LogP contribution in [0.15, 0.2) is 101 Å². The summed E-state index contributed by atoms with van der Waals surface area (Å²) < 4.78 is 1.42. The fourth-order valence-corrected chi connectivity index (χ4v) is 4.31. The van der Waals surface area contributed by atoms with Crippen molar-refractivity contribution >= 4 is 3.21 Å². The predicted octanol–water partition coefficient (Wildman–Crippen LogP) is 0.789. The van der Waals surface area contributed by atoms with E-state index in [0.717, 1.165) is 6.42 Å². The van der Waals surface area contributed by atoms with Crippen molar-refractivity contribution in [3.05, 3.63) is 118 Å². The average molecular weight is 514 g/mol. The van der Waals surface area contributed by atoms with Gasteiger partial charge < -0.3 is 24.8 Å². The first-order chi connectivity index (χ1) is 13.4. The van der Waals surface area contributed by atoms with Crippen molar-refractivity contribution in [3.8, 4) is 0 Å². The van der Waals surface area contributed by atoms with Crippen LogP contribution in [0.25, 0.3) is 0 Å². The van der Waals surface area contributed by atoms with Gasteiger partial charge in [-0.1, -0.05) is 51.7 Å². The van der Waals surface area contributed by atoms with Crippen molar-refractivity contribution in [3.63, 3.8) is 0 Å². The minimum atomic E-state index is 0. The molecule has 2 aromatic rings. The molecule has 0 saturated carbocycles. The summed E-state index contributed by atoms with van der Waals surface area (Å²) in [5.74, 6) is 0. The molecule has 2 aliphatic rings. The Hall–Kier alpha value is -1.27. The van der Waals surface area contributed by atoms with Gasteiger partial charge in [-0.05, 0) is 0 Å². The van der Waals surface area contributed by atoms with Crippen LogP contribution < -0.4 is 24.8 Å². The summed E-state index contributed by atoms with van der Waals surface area (Å²) in [7, 11) is 0. The maximum absolute atomic E-state index is 3.61. The monoisotopic (exact) mass is 511 g/mol. The van der Waals surface area contributed by atoms with Crippen LogP contribution in [0.3, 0.4) is 0 Å². The molecule has 0 heterocycles. The van der Waals surface area contributed by atoms with E-state index in [-0.39, 0.29) is 30.2 Å². The zero-order valence-corrected chi connectivity index (χ0v) is 21.9. The summed E-state index contributed by atoms with van der Waals surface area (Å²) in [6, 6.07) is 21.1. The van der Waals surface area contributed by atoms with E-state index in [4.69, 9.17) is 0 Å². The molecule has 0 unspecified atom stereocenters. The molecule has 2 aliphatic carbocycles. The molecule has 0 bridgehead atoms. The van der Waals surface area contributed by atoms with Crippen LogP contribution in [0, 0.1) is 11.5 Å². The molecule has 3 heteroatoms. The van der Waals surface area contributed by atoms with E-state index < -0.39 is 0 Å². The fourth-order valence-electron chi connectivity index (χ4n) is 3.49. The van der Waals surface area contributed by atoms with Crippen LogP contribution in [-0.4, -0.2) is 3.21 Å². The van der Waals surface area contributed by atoms with Crippen LogP contribution in [0.4, 0.5) is 0 Å². The fraction of sp³-hybridized carbons (Fsp3) is 0.222. The second kappa shape index (κ2) is 11.9. The zero-order valence-electron chi connectivity index (χ0n) is 18.0. The van der Waals surface area contributed by atoms with Crippen LogP contribution in [0.5, 0.6) is 0 Å². The number of halogens is 2. The minimum absolute atomic E-state index is 0. The molecule has 0 N–H and O–H groups in total. The predicted molar refractivity (Wildman–Crippen MR) is 117 cm³/mol. The van der Waals surface area contributed by atoms with Gasteiger partial charge in [0.05, 0.1) is 0 Å². The van der Waals surface area contributed by atoms with Crippen LogP contribution in [0.1, 0.15) is 45.2 Å². The van der Waals surface area contributed by atoms with E-state index in [0.29, 0.717) is 0 Å². The standard InChI is InChI=1S/C14H17.C13H10.2ClH.Zr/c1-10-11(2)14(3,4)9-13(10)12-7-5-6-8-12;1-3-7-12(8-4-1)11-13-9-5-2-6-10-13;;;/h5-7H,8H2,1-4H3;1-10H;2*1H;/q-1;;;;+2/p-2. The Morgan fingerprint density at radius 3 is 1.73 bits per heavy atom. The number of rotatable bonds is 3. The summed E-state index contributed by atoms with van der Waals surface area (Å²) in [6.07, 6.45) is 11.2. The van der Waals surface area contributed by atoms with Crippen molar-refractivity contribution in [2.75, 3.05) is 0 Å². The van der Waals surface area contributed by atoms with Crippen LogP contribution in [0.2, 0.25) is 0 Å². The van der Waals surface area contributed by atoms with Gasteiger partial charge in [-0.3, -0.25) is 0 Å². The quantitative estimate of drug-likeness (QED) is 0.533. The third-order valence-electron chi connectivity index (χ3n) is 5.53. The van der Waals surface area contributed by atoms with E-state index in [2.05, 4.69) is 113 Å². The molecule has 2 aromatic carbocycles. The molecule has 0 saturated heterocycles. The van der Waals surface area contributed by atoms with Crippen molar-refractivity contribution < 1.29 is 49.0 Å². The summed E-state index contributed by atoms with van der Waals surface area (Å²) >= 11 is 1.46. The molecule has 0 fully saturated rings. The Morgan fingerprint density at radius 1 is 0.867 bits per heavy atom.